The predicted octanol–water partition coefficient (Wildman–Crippen LogP) is 5.83. The van der Waals surface area contributed by atoms with Crippen molar-refractivity contribution in [3.63, 3.8) is 0 Å². The molecule has 6 heteroatoms. The summed E-state index contributed by atoms with van der Waals surface area (Å²) in [7, 11) is 0. The van der Waals surface area contributed by atoms with E-state index in [1.807, 2.05) is 48.5 Å². The van der Waals surface area contributed by atoms with Crippen molar-refractivity contribution in [1.29, 1.82) is 0 Å². The molecule has 0 bridgehead atoms. The molecule has 24 heavy (non-hydrogen) atoms. The van der Waals surface area contributed by atoms with Crippen molar-refractivity contribution >= 4 is 58.1 Å². The highest BCUT2D eigenvalue weighted by atomic mass is 35.5. The molecule has 5 rings (SSSR count). The third-order valence-corrected chi connectivity index (χ3v) is 7.16. The van der Waals surface area contributed by atoms with Crippen LogP contribution in [0.3, 0.4) is 0 Å². The molecule has 2 aliphatic rings. The molecule has 0 amide bonds. The van der Waals surface area contributed by atoms with E-state index in [-0.39, 0.29) is 0 Å². The topological polar surface area (TPSA) is 24.7 Å². The predicted molar refractivity (Wildman–Crippen MR) is 99.2 cm³/mol. The number of hydrogen-bond acceptors (Lipinski definition) is 4. The summed E-state index contributed by atoms with van der Waals surface area (Å²) >= 11 is 16.6. The fraction of sp³-hybridized carbons (Fsp3) is 0. The van der Waals surface area contributed by atoms with Crippen LogP contribution in [0.2, 0.25) is 10.0 Å². The van der Waals surface area contributed by atoms with Gasteiger partial charge in [-0.1, -0.05) is 71.0 Å². The highest BCUT2D eigenvalue weighted by Gasteiger charge is 2.24. The van der Waals surface area contributed by atoms with Crippen molar-refractivity contribution in [1.82, 2.24) is 0 Å². The van der Waals surface area contributed by atoms with Crippen molar-refractivity contribution < 1.29 is 0 Å². The fourth-order valence-electron chi connectivity index (χ4n) is 2.74. The van der Waals surface area contributed by atoms with Crippen LogP contribution in [0.1, 0.15) is 0 Å². The molecule has 2 heterocycles. The van der Waals surface area contributed by atoms with Gasteiger partial charge in [0, 0.05) is 9.79 Å². The van der Waals surface area contributed by atoms with Crippen LogP contribution in [0.25, 0.3) is 0 Å². The second kappa shape index (κ2) is 5.53. The quantitative estimate of drug-likeness (QED) is 0.334. The number of halogens is 2. The zero-order valence-corrected chi connectivity index (χ0v) is 15.2. The van der Waals surface area contributed by atoms with Crippen LogP contribution >= 0.6 is 46.7 Å². The molecule has 0 aromatic heterocycles. The number of rotatable bonds is 0. The standard InChI is InChI=1S/C18H8Cl2N2S2/c19-13-15-17(23-11-7-3-1-5-9(11)21-15)14(20)16-18(13)24-12-8-4-2-6-10(12)22-16/h1-8H. The average Bonchev–Trinajstić information content (AvgIpc) is 2.64. The first-order valence-electron chi connectivity index (χ1n) is 7.24. The Labute approximate surface area is 156 Å². The Morgan fingerprint density at radius 2 is 1.04 bits per heavy atom. The minimum Gasteiger partial charge on any atom is -0.245 e. The molecule has 0 atom stereocenters. The lowest BCUT2D eigenvalue weighted by atomic mass is 10.2. The van der Waals surface area contributed by atoms with E-state index in [1.165, 1.54) is 0 Å². The number of para-hydroxylation sites is 2. The number of fused-ring (bicyclic) bond motifs is 4. The van der Waals surface area contributed by atoms with E-state index in [9.17, 15) is 0 Å². The summed E-state index contributed by atoms with van der Waals surface area (Å²) in [5, 5.41) is 2.72. The van der Waals surface area contributed by atoms with Gasteiger partial charge >= 0.3 is 0 Å². The highest BCUT2D eigenvalue weighted by Crippen LogP contribution is 2.44. The van der Waals surface area contributed by atoms with Crippen LogP contribution in [-0.4, -0.2) is 0 Å². The normalized spacial score (nSPS) is 13.8. The Bertz CT molecular complexity index is 1050. The summed E-state index contributed by atoms with van der Waals surface area (Å²) < 4.78 is 0. The fourth-order valence-corrected chi connectivity index (χ4v) is 5.57. The minimum absolute atomic E-state index is 0.620. The summed E-state index contributed by atoms with van der Waals surface area (Å²) in [6.45, 7) is 0. The van der Waals surface area contributed by atoms with E-state index < -0.39 is 0 Å². The first kappa shape index (κ1) is 14.8. The van der Waals surface area contributed by atoms with Crippen molar-refractivity contribution in [2.24, 2.45) is 9.98 Å². The highest BCUT2D eigenvalue weighted by molar-refractivity contribution is 8.00. The van der Waals surface area contributed by atoms with Gasteiger partial charge in [-0.25, -0.2) is 9.98 Å². The van der Waals surface area contributed by atoms with Gasteiger partial charge in [0.15, 0.2) is 0 Å². The molecule has 0 saturated heterocycles. The van der Waals surface area contributed by atoms with E-state index in [0.29, 0.717) is 10.0 Å². The molecule has 0 aliphatic carbocycles. The third kappa shape index (κ3) is 2.14. The summed E-state index contributed by atoms with van der Waals surface area (Å²) in [5.41, 5.74) is 1.84. The van der Waals surface area contributed by atoms with Crippen LogP contribution in [0.15, 0.2) is 78.1 Å². The Kier molecular flexibility index (Phi) is 3.42. The van der Waals surface area contributed by atoms with Crippen molar-refractivity contribution in [2.75, 3.05) is 0 Å². The molecule has 0 saturated carbocycles. The molecule has 0 radical (unpaired) electrons. The zero-order chi connectivity index (χ0) is 16.3. The van der Waals surface area contributed by atoms with Gasteiger partial charge in [0.25, 0.3) is 0 Å². The van der Waals surface area contributed by atoms with E-state index in [1.54, 1.807) is 23.5 Å². The number of benzene rings is 3. The Morgan fingerprint density at radius 1 is 0.625 bits per heavy atom. The summed E-state index contributed by atoms with van der Waals surface area (Å²) in [4.78, 5) is 13.4. The lowest BCUT2D eigenvalue weighted by Crippen LogP contribution is -2.22. The SMILES string of the molecule is Clc1c2c(c(Cl)c3c1=Nc1ccccc1S3)=Nc1ccccc1S2. The van der Waals surface area contributed by atoms with E-state index in [2.05, 4.69) is 0 Å². The average molecular weight is 387 g/mol. The van der Waals surface area contributed by atoms with Crippen LogP contribution < -0.4 is 10.7 Å². The Morgan fingerprint density at radius 3 is 1.50 bits per heavy atom. The second-order valence-corrected chi connectivity index (χ2v) is 8.21. The number of nitrogens with zero attached hydrogens (tertiary/aromatic N) is 2. The lowest BCUT2D eigenvalue weighted by molar-refractivity contribution is 1.07. The van der Waals surface area contributed by atoms with Crippen molar-refractivity contribution in [2.45, 2.75) is 19.6 Å². The monoisotopic (exact) mass is 386 g/mol. The second-order valence-electron chi connectivity index (χ2n) is 5.35. The van der Waals surface area contributed by atoms with Gasteiger partial charge in [0.05, 0.1) is 41.9 Å². The Hall–Kier alpha value is -1.46. The third-order valence-electron chi connectivity index (χ3n) is 3.86. The molecule has 0 unspecified atom stereocenters. The molecular formula is C18H8Cl2N2S2. The van der Waals surface area contributed by atoms with Gasteiger partial charge in [-0.05, 0) is 24.3 Å². The molecule has 3 aromatic rings. The minimum atomic E-state index is 0.620. The molecule has 3 aromatic carbocycles. The molecule has 116 valence electrons. The van der Waals surface area contributed by atoms with Crippen LogP contribution in [-0.2, 0) is 0 Å². The summed E-state index contributed by atoms with van der Waals surface area (Å²) in [6, 6.07) is 16.0. The van der Waals surface area contributed by atoms with Gasteiger partial charge < -0.3 is 0 Å². The maximum atomic E-state index is 6.70. The lowest BCUT2D eigenvalue weighted by Gasteiger charge is -2.19. The number of hydrogen-bond donors (Lipinski definition) is 0. The van der Waals surface area contributed by atoms with Gasteiger partial charge in [-0.2, -0.15) is 0 Å². The van der Waals surface area contributed by atoms with Gasteiger partial charge in [0.2, 0.25) is 0 Å². The van der Waals surface area contributed by atoms with E-state index in [4.69, 9.17) is 33.2 Å². The van der Waals surface area contributed by atoms with Gasteiger partial charge in [-0.15, -0.1) is 0 Å². The first-order valence-corrected chi connectivity index (χ1v) is 9.63. The van der Waals surface area contributed by atoms with Crippen LogP contribution in [0.4, 0.5) is 11.4 Å². The molecular weight excluding hydrogens is 379 g/mol. The summed E-state index contributed by atoms with van der Waals surface area (Å²) in [6.07, 6.45) is 0. The molecule has 0 spiro atoms. The van der Waals surface area contributed by atoms with Gasteiger partial charge in [-0.3, -0.25) is 0 Å². The Balaban J connectivity index is 1.87. The van der Waals surface area contributed by atoms with Crippen molar-refractivity contribution in [3.8, 4) is 0 Å². The first-order chi connectivity index (χ1) is 11.7. The summed E-state index contributed by atoms with van der Waals surface area (Å²) in [5.74, 6) is 0. The maximum Gasteiger partial charge on any atom is 0.0991 e. The molecule has 0 fully saturated rings. The molecule has 2 nitrogen and oxygen atoms in total. The smallest absolute Gasteiger partial charge is 0.0991 e. The van der Waals surface area contributed by atoms with Crippen LogP contribution in [0, 0.1) is 0 Å². The van der Waals surface area contributed by atoms with E-state index in [0.717, 1.165) is 41.7 Å². The van der Waals surface area contributed by atoms with E-state index >= 15 is 0 Å². The maximum absolute atomic E-state index is 6.70. The van der Waals surface area contributed by atoms with Gasteiger partial charge in [0.1, 0.15) is 0 Å². The molecule has 0 N–H and O–H groups in total. The molecule has 2 aliphatic heterocycles. The van der Waals surface area contributed by atoms with Crippen LogP contribution in [0.5, 0.6) is 0 Å². The largest absolute Gasteiger partial charge is 0.245 e. The zero-order valence-electron chi connectivity index (χ0n) is 12.1. The van der Waals surface area contributed by atoms with Crippen molar-refractivity contribution in [3.05, 3.63) is 69.3 Å².